The van der Waals surface area contributed by atoms with Gasteiger partial charge >= 0.3 is 0 Å². The lowest BCUT2D eigenvalue weighted by Gasteiger charge is -2.36. The van der Waals surface area contributed by atoms with E-state index in [4.69, 9.17) is 0 Å². The minimum absolute atomic E-state index is 0.103. The maximum atomic E-state index is 14.6. The van der Waals surface area contributed by atoms with E-state index in [0.717, 1.165) is 24.3 Å². The molecular formula is C21H19F2N3O5. The van der Waals surface area contributed by atoms with E-state index in [9.17, 15) is 33.3 Å². The Kier molecular flexibility index (Phi) is 6.38. The second kappa shape index (κ2) is 8.99. The number of nitrogens with zero attached hydrogens (tertiary/aromatic N) is 3. The molecule has 1 aliphatic rings. The van der Waals surface area contributed by atoms with Crippen molar-refractivity contribution in [3.05, 3.63) is 69.3 Å². The highest BCUT2D eigenvalue weighted by Crippen LogP contribution is 2.24. The van der Waals surface area contributed by atoms with Crippen molar-refractivity contribution in [2.24, 2.45) is 0 Å². The van der Waals surface area contributed by atoms with Crippen LogP contribution in [-0.4, -0.2) is 53.5 Å². The Hall–Kier alpha value is -3.69. The molecular weight excluding hydrogens is 412 g/mol. The fourth-order valence-corrected chi connectivity index (χ4v) is 3.38. The molecule has 10 heteroatoms. The van der Waals surface area contributed by atoms with Gasteiger partial charge in [-0.2, -0.15) is 0 Å². The lowest BCUT2D eigenvalue weighted by Crippen LogP contribution is -2.49. The minimum Gasteiger partial charge on any atom is -0.366 e. The second-order valence-corrected chi connectivity index (χ2v) is 7.17. The summed E-state index contributed by atoms with van der Waals surface area (Å²) in [5, 5.41) is 10.9. The average molecular weight is 431 g/mol. The summed E-state index contributed by atoms with van der Waals surface area (Å²) in [6.07, 6.45) is -0.298. The Balaban J connectivity index is 1.69. The fourth-order valence-electron chi connectivity index (χ4n) is 3.38. The lowest BCUT2D eigenvalue weighted by atomic mass is 10.1. The zero-order valence-corrected chi connectivity index (χ0v) is 16.6. The molecule has 8 nitrogen and oxygen atoms in total. The van der Waals surface area contributed by atoms with Crippen LogP contribution in [0.3, 0.4) is 0 Å². The van der Waals surface area contributed by atoms with Gasteiger partial charge in [-0.05, 0) is 31.2 Å². The van der Waals surface area contributed by atoms with E-state index in [0.29, 0.717) is 0 Å². The first-order valence-corrected chi connectivity index (χ1v) is 9.47. The molecule has 0 unspecified atom stereocenters. The van der Waals surface area contributed by atoms with E-state index in [-0.39, 0.29) is 60.9 Å². The topological polar surface area (TPSA) is 101 Å². The number of hydrogen-bond donors (Lipinski definition) is 0. The molecule has 0 radical (unpaired) electrons. The van der Waals surface area contributed by atoms with Gasteiger partial charge in [0.25, 0.3) is 11.6 Å². The molecule has 1 saturated heterocycles. The van der Waals surface area contributed by atoms with E-state index >= 15 is 0 Å². The first-order chi connectivity index (χ1) is 14.7. The predicted octanol–water partition coefficient (Wildman–Crippen LogP) is 3.00. The Bertz CT molecular complexity index is 1060. The van der Waals surface area contributed by atoms with Crippen LogP contribution < -0.4 is 4.90 Å². The van der Waals surface area contributed by atoms with Crippen LogP contribution in [0, 0.1) is 21.7 Å². The Morgan fingerprint density at radius 1 is 1.00 bits per heavy atom. The molecule has 2 aromatic rings. The molecule has 0 aromatic heterocycles. The van der Waals surface area contributed by atoms with Crippen molar-refractivity contribution in [1.82, 2.24) is 4.90 Å². The number of anilines is 1. The van der Waals surface area contributed by atoms with Gasteiger partial charge in [0.05, 0.1) is 22.6 Å². The Morgan fingerprint density at radius 2 is 1.68 bits per heavy atom. The number of halogens is 2. The van der Waals surface area contributed by atoms with Crippen LogP contribution in [0.1, 0.15) is 34.1 Å². The smallest absolute Gasteiger partial charge is 0.270 e. The van der Waals surface area contributed by atoms with Gasteiger partial charge in [0, 0.05) is 43.9 Å². The number of carbonyl (C=O) groups excluding carboxylic acids is 3. The zero-order chi connectivity index (χ0) is 22.7. The van der Waals surface area contributed by atoms with Gasteiger partial charge in [0.1, 0.15) is 17.4 Å². The molecule has 0 spiro atoms. The van der Waals surface area contributed by atoms with Gasteiger partial charge in [-0.25, -0.2) is 8.78 Å². The quantitative estimate of drug-likeness (QED) is 0.302. The molecule has 31 heavy (non-hydrogen) atoms. The van der Waals surface area contributed by atoms with Crippen LogP contribution in [0.4, 0.5) is 20.2 Å². The van der Waals surface area contributed by atoms with Crippen LogP contribution in [-0.2, 0) is 4.79 Å². The first kappa shape index (κ1) is 22.0. The predicted molar refractivity (Wildman–Crippen MR) is 107 cm³/mol. The van der Waals surface area contributed by atoms with Gasteiger partial charge in [-0.3, -0.25) is 24.5 Å². The normalized spacial score (nSPS) is 13.8. The summed E-state index contributed by atoms with van der Waals surface area (Å²) in [4.78, 5) is 48.8. The molecule has 0 N–H and O–H groups in total. The number of hydrogen-bond acceptors (Lipinski definition) is 6. The molecule has 1 aliphatic heterocycles. The Labute approximate surface area is 176 Å². The monoisotopic (exact) mass is 431 g/mol. The molecule has 2 aromatic carbocycles. The van der Waals surface area contributed by atoms with Crippen LogP contribution in [0.5, 0.6) is 0 Å². The van der Waals surface area contributed by atoms with Crippen molar-refractivity contribution < 1.29 is 28.1 Å². The highest BCUT2D eigenvalue weighted by atomic mass is 19.1. The van der Waals surface area contributed by atoms with Crippen molar-refractivity contribution in [2.75, 3.05) is 31.1 Å². The number of nitro groups is 1. The molecule has 1 amide bonds. The molecule has 0 bridgehead atoms. The highest BCUT2D eigenvalue weighted by Gasteiger charge is 2.27. The van der Waals surface area contributed by atoms with Crippen LogP contribution in [0.25, 0.3) is 0 Å². The average Bonchev–Trinajstić information content (AvgIpc) is 2.73. The van der Waals surface area contributed by atoms with Gasteiger partial charge in [-0.1, -0.05) is 0 Å². The maximum absolute atomic E-state index is 14.6. The van der Waals surface area contributed by atoms with Crippen molar-refractivity contribution in [2.45, 2.75) is 13.3 Å². The molecule has 3 rings (SSSR count). The minimum atomic E-state index is -0.852. The van der Waals surface area contributed by atoms with E-state index in [1.54, 1.807) is 4.90 Å². The third-order valence-corrected chi connectivity index (χ3v) is 4.98. The molecule has 1 heterocycles. The second-order valence-electron chi connectivity index (χ2n) is 7.17. The van der Waals surface area contributed by atoms with Crippen LogP contribution >= 0.6 is 0 Å². The molecule has 162 valence electrons. The molecule has 0 atom stereocenters. The number of piperazine rings is 1. The van der Waals surface area contributed by atoms with E-state index in [2.05, 4.69) is 0 Å². The number of non-ortho nitro benzene ring substituents is 1. The summed E-state index contributed by atoms with van der Waals surface area (Å²) < 4.78 is 28.6. The van der Waals surface area contributed by atoms with Gasteiger partial charge < -0.3 is 9.80 Å². The maximum Gasteiger partial charge on any atom is 0.270 e. The largest absolute Gasteiger partial charge is 0.366 e. The van der Waals surface area contributed by atoms with Crippen LogP contribution in [0.15, 0.2) is 36.4 Å². The SMILES string of the molecule is CC(=O)CC(=O)c1ccc(N2CCN(C(=O)c3cc([N+](=O)[O-])ccc3F)CC2)c(F)c1. The number of ketones is 2. The number of Topliss-reactive ketones (excluding diaryl/α,β-unsaturated/α-hetero) is 2. The fraction of sp³-hybridized carbons (Fsp3) is 0.286. The summed E-state index contributed by atoms with van der Waals surface area (Å²) in [6.45, 7) is 2.10. The molecule has 1 fully saturated rings. The van der Waals surface area contributed by atoms with E-state index < -0.39 is 28.2 Å². The number of carbonyl (C=O) groups is 3. The van der Waals surface area contributed by atoms with Crippen molar-refractivity contribution in [3.8, 4) is 0 Å². The van der Waals surface area contributed by atoms with Crippen molar-refractivity contribution >= 4 is 28.8 Å². The summed E-state index contributed by atoms with van der Waals surface area (Å²) in [6, 6.07) is 6.74. The number of nitro benzene ring substituents is 1. The summed E-state index contributed by atoms with van der Waals surface area (Å²) in [5.41, 5.74) is -0.425. The van der Waals surface area contributed by atoms with Crippen molar-refractivity contribution in [1.29, 1.82) is 0 Å². The van der Waals surface area contributed by atoms with Crippen molar-refractivity contribution in [3.63, 3.8) is 0 Å². The van der Waals surface area contributed by atoms with E-state index in [1.165, 1.54) is 24.0 Å². The molecule has 0 aliphatic carbocycles. The summed E-state index contributed by atoms with van der Waals surface area (Å²) >= 11 is 0. The lowest BCUT2D eigenvalue weighted by molar-refractivity contribution is -0.384. The van der Waals surface area contributed by atoms with E-state index in [1.807, 2.05) is 0 Å². The number of benzene rings is 2. The standard InChI is InChI=1S/C21H19F2N3O5/c1-13(27)10-20(28)14-2-5-19(18(23)11-14)24-6-8-25(9-7-24)21(29)16-12-15(26(30)31)3-4-17(16)22/h2-5,11-12H,6-10H2,1H3. The number of rotatable bonds is 6. The summed E-state index contributed by atoms with van der Waals surface area (Å²) in [7, 11) is 0. The summed E-state index contributed by atoms with van der Waals surface area (Å²) in [5.74, 6) is -2.93. The van der Waals surface area contributed by atoms with Gasteiger partial charge in [-0.15, -0.1) is 0 Å². The van der Waals surface area contributed by atoms with Crippen LogP contribution in [0.2, 0.25) is 0 Å². The van der Waals surface area contributed by atoms with Gasteiger partial charge in [0.15, 0.2) is 5.78 Å². The Morgan fingerprint density at radius 3 is 2.26 bits per heavy atom. The zero-order valence-electron chi connectivity index (χ0n) is 16.6. The highest BCUT2D eigenvalue weighted by molar-refractivity contribution is 6.07. The number of amides is 1. The first-order valence-electron chi connectivity index (χ1n) is 9.47. The molecule has 0 saturated carbocycles. The third kappa shape index (κ3) is 4.90. The van der Waals surface area contributed by atoms with Gasteiger partial charge in [0.2, 0.25) is 0 Å². The third-order valence-electron chi connectivity index (χ3n) is 4.98.